The van der Waals surface area contributed by atoms with Crippen molar-refractivity contribution in [2.24, 2.45) is 0 Å². The predicted molar refractivity (Wildman–Crippen MR) is 62.1 cm³/mol. The second-order valence-corrected chi connectivity index (χ2v) is 4.38. The standard InChI is InChI=1S/C12H13FN2O4/c1-7-5-15(6-10(19-7)12(17)18)11(16)8-2-9(13)4-14-3-8/h2-4,7,10H,5-6H2,1H3,(H,17,18)/t7-,10?/m1/s1. The molecule has 1 aromatic rings. The van der Waals surface area contributed by atoms with Crippen molar-refractivity contribution >= 4 is 11.9 Å². The van der Waals surface area contributed by atoms with Crippen LogP contribution in [0.25, 0.3) is 0 Å². The number of nitrogens with zero attached hydrogens (tertiary/aromatic N) is 2. The number of halogens is 1. The molecular formula is C12H13FN2O4. The van der Waals surface area contributed by atoms with Gasteiger partial charge in [-0.25, -0.2) is 9.18 Å². The fourth-order valence-electron chi connectivity index (χ4n) is 1.97. The minimum Gasteiger partial charge on any atom is -0.479 e. The number of hydrogen-bond donors (Lipinski definition) is 1. The first-order valence-electron chi connectivity index (χ1n) is 5.75. The van der Waals surface area contributed by atoms with Crippen LogP contribution in [0, 0.1) is 5.82 Å². The molecule has 1 aliphatic heterocycles. The number of carbonyl (C=O) groups is 2. The Hall–Kier alpha value is -2.02. The Morgan fingerprint density at radius 1 is 1.47 bits per heavy atom. The first-order valence-corrected chi connectivity index (χ1v) is 5.75. The summed E-state index contributed by atoms with van der Waals surface area (Å²) in [5.74, 6) is -2.18. The molecule has 1 fully saturated rings. The highest BCUT2D eigenvalue weighted by atomic mass is 19.1. The number of pyridine rings is 1. The highest BCUT2D eigenvalue weighted by Gasteiger charge is 2.33. The Morgan fingerprint density at radius 3 is 2.84 bits per heavy atom. The van der Waals surface area contributed by atoms with E-state index in [0.717, 1.165) is 12.3 Å². The van der Waals surface area contributed by atoms with Crippen molar-refractivity contribution in [1.29, 1.82) is 0 Å². The van der Waals surface area contributed by atoms with Crippen LogP contribution in [0.4, 0.5) is 4.39 Å². The van der Waals surface area contributed by atoms with Gasteiger partial charge in [0.15, 0.2) is 6.10 Å². The molecule has 0 radical (unpaired) electrons. The smallest absolute Gasteiger partial charge is 0.334 e. The molecule has 2 heterocycles. The Balaban J connectivity index is 2.16. The minimum absolute atomic E-state index is 0.0605. The van der Waals surface area contributed by atoms with E-state index in [1.165, 1.54) is 11.1 Å². The third-order valence-corrected chi connectivity index (χ3v) is 2.77. The average Bonchev–Trinajstić information content (AvgIpc) is 2.37. The van der Waals surface area contributed by atoms with Crippen LogP contribution < -0.4 is 0 Å². The van der Waals surface area contributed by atoms with Crippen LogP contribution in [0.15, 0.2) is 18.5 Å². The monoisotopic (exact) mass is 268 g/mol. The van der Waals surface area contributed by atoms with E-state index in [4.69, 9.17) is 9.84 Å². The van der Waals surface area contributed by atoms with Crippen LogP contribution in [0.1, 0.15) is 17.3 Å². The van der Waals surface area contributed by atoms with Crippen molar-refractivity contribution in [3.63, 3.8) is 0 Å². The number of carboxylic acid groups (broad SMARTS) is 1. The van der Waals surface area contributed by atoms with Crippen LogP contribution in [0.5, 0.6) is 0 Å². The van der Waals surface area contributed by atoms with E-state index in [1.54, 1.807) is 6.92 Å². The second kappa shape index (κ2) is 5.31. The zero-order valence-corrected chi connectivity index (χ0v) is 10.2. The summed E-state index contributed by atoms with van der Waals surface area (Å²) in [7, 11) is 0. The van der Waals surface area contributed by atoms with Gasteiger partial charge in [0.1, 0.15) is 5.82 Å². The van der Waals surface area contributed by atoms with E-state index in [-0.39, 0.29) is 24.8 Å². The number of amides is 1. The maximum absolute atomic E-state index is 13.0. The summed E-state index contributed by atoms with van der Waals surface area (Å²) < 4.78 is 18.2. The zero-order valence-electron chi connectivity index (χ0n) is 10.2. The number of hydrogen-bond acceptors (Lipinski definition) is 4. The van der Waals surface area contributed by atoms with Gasteiger partial charge in [0.05, 0.1) is 24.4 Å². The minimum atomic E-state index is -1.12. The lowest BCUT2D eigenvalue weighted by molar-refractivity contribution is -0.160. The van der Waals surface area contributed by atoms with E-state index in [9.17, 15) is 14.0 Å². The average molecular weight is 268 g/mol. The molecule has 1 saturated heterocycles. The quantitative estimate of drug-likeness (QED) is 0.846. The van der Waals surface area contributed by atoms with Crippen molar-refractivity contribution < 1.29 is 23.8 Å². The molecule has 0 spiro atoms. The molecule has 1 unspecified atom stereocenters. The number of aromatic nitrogens is 1. The number of carboxylic acids is 1. The van der Waals surface area contributed by atoms with E-state index in [2.05, 4.69) is 4.98 Å². The lowest BCUT2D eigenvalue weighted by Gasteiger charge is -2.34. The molecule has 1 amide bonds. The Bertz CT molecular complexity index is 508. The molecule has 19 heavy (non-hydrogen) atoms. The summed E-state index contributed by atoms with van der Waals surface area (Å²) in [6, 6.07) is 1.07. The Morgan fingerprint density at radius 2 is 2.21 bits per heavy atom. The van der Waals surface area contributed by atoms with Crippen LogP contribution in [-0.2, 0) is 9.53 Å². The molecule has 7 heteroatoms. The van der Waals surface area contributed by atoms with Crippen molar-refractivity contribution in [1.82, 2.24) is 9.88 Å². The van der Waals surface area contributed by atoms with Gasteiger partial charge in [-0.3, -0.25) is 9.78 Å². The largest absolute Gasteiger partial charge is 0.479 e. The van der Waals surface area contributed by atoms with E-state index in [1.807, 2.05) is 0 Å². The molecule has 0 aliphatic carbocycles. The van der Waals surface area contributed by atoms with Crippen molar-refractivity contribution in [2.45, 2.75) is 19.1 Å². The van der Waals surface area contributed by atoms with Gasteiger partial charge in [-0.1, -0.05) is 0 Å². The van der Waals surface area contributed by atoms with Gasteiger partial charge in [0.25, 0.3) is 5.91 Å². The molecular weight excluding hydrogens is 255 g/mol. The third kappa shape index (κ3) is 3.05. The summed E-state index contributed by atoms with van der Waals surface area (Å²) in [4.78, 5) is 28.0. The van der Waals surface area contributed by atoms with Crippen molar-refractivity contribution in [3.8, 4) is 0 Å². The molecule has 2 atom stereocenters. The fraction of sp³-hybridized carbons (Fsp3) is 0.417. The Labute approximate surface area is 108 Å². The number of aliphatic carboxylic acids is 1. The summed E-state index contributed by atoms with van der Waals surface area (Å²) in [5.41, 5.74) is 0.0956. The van der Waals surface area contributed by atoms with Gasteiger partial charge >= 0.3 is 5.97 Å². The van der Waals surface area contributed by atoms with E-state index in [0.29, 0.717) is 0 Å². The van der Waals surface area contributed by atoms with Gasteiger partial charge in [-0.15, -0.1) is 0 Å². The topological polar surface area (TPSA) is 79.7 Å². The molecule has 0 aromatic carbocycles. The second-order valence-electron chi connectivity index (χ2n) is 4.38. The van der Waals surface area contributed by atoms with Crippen LogP contribution >= 0.6 is 0 Å². The normalized spacial score (nSPS) is 23.2. The number of carbonyl (C=O) groups excluding carboxylic acids is 1. The molecule has 0 bridgehead atoms. The first-order chi connectivity index (χ1) is 8.97. The lowest BCUT2D eigenvalue weighted by Crippen LogP contribution is -2.51. The van der Waals surface area contributed by atoms with E-state index < -0.39 is 23.8 Å². The molecule has 1 aromatic heterocycles. The maximum Gasteiger partial charge on any atom is 0.334 e. The van der Waals surface area contributed by atoms with Gasteiger partial charge in [-0.05, 0) is 13.0 Å². The summed E-state index contributed by atoms with van der Waals surface area (Å²) >= 11 is 0. The van der Waals surface area contributed by atoms with E-state index >= 15 is 0 Å². The number of rotatable bonds is 2. The van der Waals surface area contributed by atoms with Crippen molar-refractivity contribution in [3.05, 3.63) is 29.8 Å². The van der Waals surface area contributed by atoms with Gasteiger partial charge in [-0.2, -0.15) is 0 Å². The number of ether oxygens (including phenoxy) is 1. The van der Waals surface area contributed by atoms with Crippen LogP contribution in [0.2, 0.25) is 0 Å². The molecule has 1 aliphatic rings. The molecule has 2 rings (SSSR count). The summed E-state index contributed by atoms with van der Waals surface area (Å²) in [5, 5.41) is 8.93. The molecule has 102 valence electrons. The summed E-state index contributed by atoms with van der Waals surface area (Å²) in [6.07, 6.45) is 0.801. The van der Waals surface area contributed by atoms with Gasteiger partial charge in [0, 0.05) is 12.7 Å². The highest BCUT2D eigenvalue weighted by Crippen LogP contribution is 2.15. The summed E-state index contributed by atoms with van der Waals surface area (Å²) in [6.45, 7) is 1.88. The van der Waals surface area contributed by atoms with Gasteiger partial charge < -0.3 is 14.7 Å². The first kappa shape index (κ1) is 13.4. The highest BCUT2D eigenvalue weighted by molar-refractivity contribution is 5.94. The number of morpholine rings is 1. The van der Waals surface area contributed by atoms with Crippen LogP contribution in [-0.4, -0.2) is 52.2 Å². The van der Waals surface area contributed by atoms with Crippen LogP contribution in [0.3, 0.4) is 0 Å². The predicted octanol–water partition coefficient (Wildman–Crippen LogP) is 0.535. The fourth-order valence-corrected chi connectivity index (χ4v) is 1.97. The third-order valence-electron chi connectivity index (χ3n) is 2.77. The molecule has 1 N–H and O–H groups in total. The lowest BCUT2D eigenvalue weighted by atomic mass is 10.1. The molecule has 6 nitrogen and oxygen atoms in total. The maximum atomic E-state index is 13.0. The SMILES string of the molecule is C[C@@H]1CN(C(=O)c2cncc(F)c2)CC(C(=O)O)O1. The Kier molecular flexibility index (Phi) is 3.75. The van der Waals surface area contributed by atoms with Crippen molar-refractivity contribution in [2.75, 3.05) is 13.1 Å². The van der Waals surface area contributed by atoms with Gasteiger partial charge in [0.2, 0.25) is 0 Å². The zero-order chi connectivity index (χ0) is 14.0. The molecule has 0 saturated carbocycles.